The van der Waals surface area contributed by atoms with Crippen molar-refractivity contribution >= 4 is 39.3 Å². The van der Waals surface area contributed by atoms with Crippen LogP contribution < -0.4 is 0 Å². The van der Waals surface area contributed by atoms with Gasteiger partial charge < -0.3 is 19.7 Å². The summed E-state index contributed by atoms with van der Waals surface area (Å²) in [6.07, 6.45) is 1.28. The summed E-state index contributed by atoms with van der Waals surface area (Å²) in [6.45, 7) is 0.227. The first-order chi connectivity index (χ1) is 13.8. The highest BCUT2D eigenvalue weighted by molar-refractivity contribution is 7.86. The number of aromatic nitrogens is 1. The Morgan fingerprint density at radius 2 is 1.63 bits per heavy atom. The first kappa shape index (κ1) is 24.3. The molecule has 166 valence electrons. The molecule has 0 aliphatic heterocycles. The van der Waals surface area contributed by atoms with Crippen LogP contribution in [0.2, 0.25) is 10.0 Å². The number of likely N-dealkylation sites (N-methyl/N-ethyl adjacent to an activating group) is 1. The maximum atomic E-state index is 12.8. The minimum atomic E-state index is -3.62. The standard InChI is InChI=1S/C18H24Cl2N4O5S/c1-21(2)30(28,29)23(4)5-6-24-11-15(16(25)18(24)27)17(26)22(3)10-12-7-13(19)9-14(20)8-12/h7-9,11,25,27H,5-6,10H2,1-4H3. The van der Waals surface area contributed by atoms with Gasteiger partial charge in [-0.3, -0.25) is 4.79 Å². The Labute approximate surface area is 185 Å². The number of carbonyl (C=O) groups excluding carboxylic acids is 1. The fourth-order valence-electron chi connectivity index (χ4n) is 2.76. The molecule has 2 N–H and O–H groups in total. The summed E-state index contributed by atoms with van der Waals surface area (Å²) in [7, 11) is 2.12. The van der Waals surface area contributed by atoms with E-state index in [1.807, 2.05) is 0 Å². The van der Waals surface area contributed by atoms with Gasteiger partial charge in [0.05, 0.1) is 0 Å². The van der Waals surface area contributed by atoms with Gasteiger partial charge in [-0.15, -0.1) is 0 Å². The second kappa shape index (κ2) is 9.44. The van der Waals surface area contributed by atoms with Crippen molar-refractivity contribution in [2.45, 2.75) is 13.1 Å². The van der Waals surface area contributed by atoms with E-state index < -0.39 is 27.7 Å². The lowest BCUT2D eigenvalue weighted by Crippen LogP contribution is -2.38. The van der Waals surface area contributed by atoms with Crippen LogP contribution in [0.25, 0.3) is 0 Å². The molecule has 1 heterocycles. The minimum absolute atomic E-state index is 0.0205. The Bertz CT molecular complexity index is 1020. The van der Waals surface area contributed by atoms with Crippen LogP contribution in [0.1, 0.15) is 15.9 Å². The van der Waals surface area contributed by atoms with Crippen molar-refractivity contribution in [1.29, 1.82) is 0 Å². The monoisotopic (exact) mass is 478 g/mol. The number of aromatic hydroxyl groups is 2. The Kier molecular flexibility index (Phi) is 7.64. The van der Waals surface area contributed by atoms with Gasteiger partial charge in [0.1, 0.15) is 5.56 Å². The van der Waals surface area contributed by atoms with Gasteiger partial charge in [0, 0.05) is 64.1 Å². The summed E-state index contributed by atoms with van der Waals surface area (Å²) in [5.41, 5.74) is 0.586. The number of benzene rings is 1. The van der Waals surface area contributed by atoms with E-state index in [0.717, 1.165) is 8.61 Å². The Morgan fingerprint density at radius 1 is 1.07 bits per heavy atom. The smallest absolute Gasteiger partial charge is 0.281 e. The van der Waals surface area contributed by atoms with Crippen LogP contribution >= 0.6 is 23.2 Å². The van der Waals surface area contributed by atoms with Crippen molar-refractivity contribution in [2.24, 2.45) is 0 Å². The molecule has 1 amide bonds. The number of amides is 1. The first-order valence-corrected chi connectivity index (χ1v) is 10.9. The zero-order valence-corrected chi connectivity index (χ0v) is 19.3. The molecule has 0 saturated heterocycles. The van der Waals surface area contributed by atoms with Crippen LogP contribution in [-0.2, 0) is 23.3 Å². The highest BCUT2D eigenvalue weighted by Crippen LogP contribution is 2.32. The normalized spacial score (nSPS) is 12.0. The van der Waals surface area contributed by atoms with Crippen LogP contribution in [0.5, 0.6) is 11.6 Å². The van der Waals surface area contributed by atoms with Crippen molar-refractivity contribution in [2.75, 3.05) is 34.7 Å². The highest BCUT2D eigenvalue weighted by atomic mass is 35.5. The molecular formula is C18H24Cl2N4O5S. The van der Waals surface area contributed by atoms with Crippen molar-refractivity contribution in [3.63, 3.8) is 0 Å². The average Bonchev–Trinajstić information content (AvgIpc) is 2.92. The molecule has 0 aliphatic carbocycles. The molecule has 1 aromatic heterocycles. The molecule has 12 heteroatoms. The predicted molar refractivity (Wildman–Crippen MR) is 115 cm³/mol. The van der Waals surface area contributed by atoms with Crippen LogP contribution in [0.3, 0.4) is 0 Å². The van der Waals surface area contributed by atoms with Crippen LogP contribution in [-0.4, -0.2) is 77.4 Å². The molecule has 2 aromatic rings. The maximum absolute atomic E-state index is 12.8. The van der Waals surface area contributed by atoms with E-state index in [4.69, 9.17) is 23.2 Å². The topological polar surface area (TPSA) is 106 Å². The number of carbonyl (C=O) groups is 1. The molecule has 0 aliphatic rings. The molecular weight excluding hydrogens is 455 g/mol. The van der Waals surface area contributed by atoms with Crippen LogP contribution in [0.15, 0.2) is 24.4 Å². The second-order valence-corrected chi connectivity index (χ2v) is 10.1. The van der Waals surface area contributed by atoms with E-state index in [1.54, 1.807) is 18.2 Å². The molecule has 30 heavy (non-hydrogen) atoms. The Balaban J connectivity index is 2.15. The van der Waals surface area contributed by atoms with Crippen LogP contribution in [0.4, 0.5) is 0 Å². The summed E-state index contributed by atoms with van der Waals surface area (Å²) in [5, 5.41) is 21.2. The fraction of sp³-hybridized carbons (Fsp3) is 0.389. The van der Waals surface area contributed by atoms with Gasteiger partial charge in [0.15, 0.2) is 5.75 Å². The van der Waals surface area contributed by atoms with E-state index in [-0.39, 0.29) is 25.2 Å². The lowest BCUT2D eigenvalue weighted by atomic mass is 10.2. The van der Waals surface area contributed by atoms with Gasteiger partial charge in [-0.1, -0.05) is 23.2 Å². The maximum Gasteiger partial charge on any atom is 0.281 e. The number of rotatable bonds is 8. The third kappa shape index (κ3) is 5.38. The molecule has 2 rings (SSSR count). The van der Waals surface area contributed by atoms with E-state index in [1.165, 1.54) is 43.9 Å². The lowest BCUT2D eigenvalue weighted by molar-refractivity contribution is 0.0782. The van der Waals surface area contributed by atoms with Crippen molar-refractivity contribution in [3.8, 4) is 11.6 Å². The zero-order valence-electron chi connectivity index (χ0n) is 17.0. The zero-order chi connectivity index (χ0) is 22.8. The van der Waals surface area contributed by atoms with E-state index in [0.29, 0.717) is 15.6 Å². The largest absolute Gasteiger partial charge is 0.503 e. The summed E-state index contributed by atoms with van der Waals surface area (Å²) in [6, 6.07) is 4.91. The predicted octanol–water partition coefficient (Wildman–Crippen LogP) is 2.22. The van der Waals surface area contributed by atoms with Gasteiger partial charge in [-0.2, -0.15) is 17.0 Å². The van der Waals surface area contributed by atoms with Gasteiger partial charge in [0.2, 0.25) is 5.88 Å². The van der Waals surface area contributed by atoms with Crippen LogP contribution in [0, 0.1) is 0 Å². The molecule has 0 saturated carbocycles. The average molecular weight is 479 g/mol. The van der Waals surface area contributed by atoms with Gasteiger partial charge in [0.25, 0.3) is 16.1 Å². The SMILES string of the molecule is CN(Cc1cc(Cl)cc(Cl)c1)C(=O)c1cn(CCN(C)S(=O)(=O)N(C)C)c(O)c1O. The van der Waals surface area contributed by atoms with Gasteiger partial charge >= 0.3 is 0 Å². The Morgan fingerprint density at radius 3 is 2.17 bits per heavy atom. The summed E-state index contributed by atoms with van der Waals surface area (Å²) in [4.78, 5) is 14.1. The molecule has 0 spiro atoms. The summed E-state index contributed by atoms with van der Waals surface area (Å²) < 4.78 is 27.5. The minimum Gasteiger partial charge on any atom is -0.503 e. The molecule has 0 fully saturated rings. The van der Waals surface area contributed by atoms with E-state index in [9.17, 15) is 23.4 Å². The summed E-state index contributed by atoms with van der Waals surface area (Å²) in [5.74, 6) is -1.63. The van der Waals surface area contributed by atoms with Crippen molar-refractivity contribution < 1.29 is 23.4 Å². The molecule has 9 nitrogen and oxygen atoms in total. The van der Waals surface area contributed by atoms with Gasteiger partial charge in [-0.05, 0) is 23.8 Å². The lowest BCUT2D eigenvalue weighted by Gasteiger charge is -2.21. The number of hydrogen-bond donors (Lipinski definition) is 2. The molecule has 0 atom stereocenters. The Hall–Kier alpha value is -1.98. The molecule has 0 radical (unpaired) electrons. The molecule has 0 bridgehead atoms. The fourth-order valence-corrected chi connectivity index (χ4v) is 4.20. The molecule has 1 aromatic carbocycles. The number of halogens is 2. The van der Waals surface area contributed by atoms with E-state index >= 15 is 0 Å². The van der Waals surface area contributed by atoms with Gasteiger partial charge in [-0.25, -0.2) is 0 Å². The number of hydrogen-bond acceptors (Lipinski definition) is 5. The molecule has 0 unspecified atom stereocenters. The van der Waals surface area contributed by atoms with E-state index in [2.05, 4.69) is 0 Å². The quantitative estimate of drug-likeness (QED) is 0.604. The number of nitrogens with zero attached hydrogens (tertiary/aromatic N) is 4. The van der Waals surface area contributed by atoms with Crippen molar-refractivity contribution in [1.82, 2.24) is 18.1 Å². The third-order valence-corrected chi connectivity index (χ3v) is 6.78. The third-order valence-electron chi connectivity index (χ3n) is 4.45. The second-order valence-electron chi connectivity index (χ2n) is 6.96. The van der Waals surface area contributed by atoms with Crippen molar-refractivity contribution in [3.05, 3.63) is 45.6 Å². The highest BCUT2D eigenvalue weighted by Gasteiger charge is 2.25. The first-order valence-electron chi connectivity index (χ1n) is 8.80. The summed E-state index contributed by atoms with van der Waals surface area (Å²) >= 11 is 12.0.